The second kappa shape index (κ2) is 4.49. The Hall–Kier alpha value is -0.520. The topological polar surface area (TPSA) is 54.4 Å². The largest absolute Gasteiger partial charge is 0.476 e. The number of carboxylic acids is 1. The summed E-state index contributed by atoms with van der Waals surface area (Å²) in [4.78, 5) is 9.88. The van der Waals surface area contributed by atoms with E-state index in [4.69, 9.17) is 5.11 Å². The Bertz CT molecular complexity index is 193. The number of carboxylic acid groups (broad SMARTS) is 1. The van der Waals surface area contributed by atoms with E-state index in [9.17, 15) is 17.8 Å². The molecule has 0 radical (unpaired) electrons. The van der Waals surface area contributed by atoms with Gasteiger partial charge in [-0.1, -0.05) is 13.3 Å². The van der Waals surface area contributed by atoms with Crippen LogP contribution in [0.5, 0.6) is 0 Å². The molecule has 72 valence electrons. The summed E-state index contributed by atoms with van der Waals surface area (Å²) in [5.74, 6) is -2.59. The van der Waals surface area contributed by atoms with Gasteiger partial charge in [0.15, 0.2) is 0 Å². The van der Waals surface area contributed by atoms with E-state index >= 15 is 0 Å². The lowest BCUT2D eigenvalue weighted by molar-refractivity contribution is -0.153. The monoisotopic (exact) mass is 200 g/mol. The highest BCUT2D eigenvalue weighted by Gasteiger charge is 2.45. The second-order valence-electron chi connectivity index (χ2n) is 2.23. The van der Waals surface area contributed by atoms with Gasteiger partial charge in [-0.05, 0) is 6.42 Å². The van der Waals surface area contributed by atoms with Crippen LogP contribution in [-0.4, -0.2) is 26.3 Å². The smallest absolute Gasteiger partial charge is 0.415 e. The SMILES string of the molecule is CCCCS(=O)C(F)(F)C(=O)O. The minimum atomic E-state index is -4.10. The predicted molar refractivity (Wildman–Crippen MR) is 40.5 cm³/mol. The van der Waals surface area contributed by atoms with Crippen molar-refractivity contribution in [1.29, 1.82) is 0 Å². The molecule has 3 nitrogen and oxygen atoms in total. The van der Waals surface area contributed by atoms with Gasteiger partial charge >= 0.3 is 11.2 Å². The third kappa shape index (κ3) is 2.84. The summed E-state index contributed by atoms with van der Waals surface area (Å²) in [6.45, 7) is 1.75. The Balaban J connectivity index is 4.16. The molecule has 0 aromatic carbocycles. The van der Waals surface area contributed by atoms with Crippen LogP contribution in [0.2, 0.25) is 0 Å². The maximum atomic E-state index is 12.4. The average Bonchev–Trinajstić information content (AvgIpc) is 1.99. The predicted octanol–water partition coefficient (Wildman–Crippen LogP) is 1.21. The zero-order chi connectivity index (χ0) is 9.78. The van der Waals surface area contributed by atoms with Crippen LogP contribution in [0.1, 0.15) is 19.8 Å². The normalized spacial score (nSPS) is 14.2. The molecule has 0 bridgehead atoms. The molecule has 1 unspecified atom stereocenters. The molecule has 0 rings (SSSR count). The molecule has 6 heteroatoms. The minimum absolute atomic E-state index is 0.268. The third-order valence-corrected chi connectivity index (χ3v) is 2.62. The first-order valence-electron chi connectivity index (χ1n) is 3.42. The van der Waals surface area contributed by atoms with Crippen LogP contribution in [0.4, 0.5) is 8.78 Å². The molecule has 0 aliphatic carbocycles. The molecule has 12 heavy (non-hydrogen) atoms. The highest BCUT2D eigenvalue weighted by Crippen LogP contribution is 2.19. The number of halogens is 2. The number of rotatable bonds is 5. The first-order chi connectivity index (χ1) is 5.42. The fraction of sp³-hybridized carbons (Fsp3) is 0.833. The van der Waals surface area contributed by atoms with Crippen molar-refractivity contribution in [2.75, 3.05) is 5.75 Å². The van der Waals surface area contributed by atoms with Gasteiger partial charge in [0, 0.05) is 5.75 Å². The van der Waals surface area contributed by atoms with Crippen LogP contribution in [0.3, 0.4) is 0 Å². The number of aliphatic carboxylic acids is 1. The van der Waals surface area contributed by atoms with Crippen molar-refractivity contribution in [3.05, 3.63) is 0 Å². The quantitative estimate of drug-likeness (QED) is 0.725. The maximum absolute atomic E-state index is 12.4. The summed E-state index contributed by atoms with van der Waals surface area (Å²) in [6.07, 6.45) is 0.955. The highest BCUT2D eigenvalue weighted by atomic mass is 32.2. The van der Waals surface area contributed by atoms with Gasteiger partial charge in [0.05, 0.1) is 0 Å². The first kappa shape index (κ1) is 11.5. The van der Waals surface area contributed by atoms with Crippen molar-refractivity contribution in [3.8, 4) is 0 Å². The van der Waals surface area contributed by atoms with Gasteiger partial charge < -0.3 is 5.11 Å². The average molecular weight is 200 g/mol. The van der Waals surface area contributed by atoms with E-state index in [-0.39, 0.29) is 5.75 Å². The zero-order valence-electron chi connectivity index (χ0n) is 6.55. The van der Waals surface area contributed by atoms with Crippen LogP contribution in [0.15, 0.2) is 0 Å². The molecule has 0 saturated carbocycles. The molecule has 1 atom stereocenters. The maximum Gasteiger partial charge on any atom is 0.415 e. The van der Waals surface area contributed by atoms with Gasteiger partial charge in [0.2, 0.25) is 0 Å². The molecular weight excluding hydrogens is 190 g/mol. The lowest BCUT2D eigenvalue weighted by Gasteiger charge is -2.09. The summed E-state index contributed by atoms with van der Waals surface area (Å²) >= 11 is 0. The molecule has 0 saturated heterocycles. The highest BCUT2D eigenvalue weighted by molar-refractivity contribution is 7.86. The number of carbonyl (C=O) groups is 1. The molecular formula is C6H10F2O3S. The van der Waals surface area contributed by atoms with Crippen LogP contribution >= 0.6 is 0 Å². The number of unbranched alkanes of at least 4 members (excludes halogenated alkanes) is 1. The fourth-order valence-corrected chi connectivity index (χ4v) is 1.50. The van der Waals surface area contributed by atoms with E-state index in [1.165, 1.54) is 0 Å². The van der Waals surface area contributed by atoms with Crippen molar-refractivity contribution in [1.82, 2.24) is 0 Å². The summed E-state index contributed by atoms with van der Waals surface area (Å²) in [7, 11) is -2.59. The molecule has 0 aromatic heterocycles. The molecule has 0 aliphatic rings. The Kier molecular flexibility index (Phi) is 4.30. The van der Waals surface area contributed by atoms with E-state index in [2.05, 4.69) is 0 Å². The van der Waals surface area contributed by atoms with Crippen molar-refractivity contribution in [3.63, 3.8) is 0 Å². The van der Waals surface area contributed by atoms with Crippen molar-refractivity contribution < 1.29 is 22.9 Å². The van der Waals surface area contributed by atoms with Gasteiger partial charge in [-0.25, -0.2) is 4.79 Å². The Labute approximate surface area is 71.2 Å². The summed E-state index contributed by atoms with van der Waals surface area (Å²) in [6, 6.07) is 0. The van der Waals surface area contributed by atoms with Gasteiger partial charge in [0.25, 0.3) is 0 Å². The van der Waals surface area contributed by atoms with Gasteiger partial charge in [-0.2, -0.15) is 8.78 Å². The van der Waals surface area contributed by atoms with E-state index < -0.39 is 22.0 Å². The van der Waals surface area contributed by atoms with Crippen molar-refractivity contribution in [2.24, 2.45) is 0 Å². The fourth-order valence-electron chi connectivity index (χ4n) is 0.501. The third-order valence-electron chi connectivity index (χ3n) is 1.22. The van der Waals surface area contributed by atoms with E-state index in [1.807, 2.05) is 0 Å². The molecule has 0 spiro atoms. The molecule has 0 aliphatic heterocycles. The standard InChI is InChI=1S/C6H10F2O3S/c1-2-3-4-12(11)6(7,8)5(9)10/h2-4H2,1H3,(H,9,10). The van der Waals surface area contributed by atoms with E-state index in [1.54, 1.807) is 6.92 Å². The van der Waals surface area contributed by atoms with Crippen LogP contribution in [-0.2, 0) is 15.6 Å². The Morgan fingerprint density at radius 1 is 1.58 bits per heavy atom. The second-order valence-corrected chi connectivity index (χ2v) is 3.84. The molecule has 1 N–H and O–H groups in total. The number of alkyl halides is 2. The van der Waals surface area contributed by atoms with Gasteiger partial charge in [-0.15, -0.1) is 0 Å². The summed E-state index contributed by atoms with van der Waals surface area (Å²) < 4.78 is 35.4. The lowest BCUT2D eigenvalue weighted by Crippen LogP contribution is -2.34. The van der Waals surface area contributed by atoms with Gasteiger partial charge in [0.1, 0.15) is 10.8 Å². The molecule has 0 amide bonds. The first-order valence-corrected chi connectivity index (χ1v) is 4.74. The molecule has 0 heterocycles. The van der Waals surface area contributed by atoms with Crippen LogP contribution in [0.25, 0.3) is 0 Å². The van der Waals surface area contributed by atoms with Crippen molar-refractivity contribution in [2.45, 2.75) is 25.0 Å². The number of hydrogen-bond acceptors (Lipinski definition) is 2. The minimum Gasteiger partial charge on any atom is -0.476 e. The summed E-state index contributed by atoms with van der Waals surface area (Å²) in [5, 5.41) is 3.87. The van der Waals surface area contributed by atoms with Crippen LogP contribution in [0, 0.1) is 0 Å². The summed E-state index contributed by atoms with van der Waals surface area (Å²) in [5.41, 5.74) is 0. The van der Waals surface area contributed by atoms with Crippen LogP contribution < -0.4 is 0 Å². The van der Waals surface area contributed by atoms with Crippen molar-refractivity contribution >= 4 is 16.8 Å². The van der Waals surface area contributed by atoms with E-state index in [0.717, 1.165) is 0 Å². The lowest BCUT2D eigenvalue weighted by atomic mass is 10.4. The molecule has 0 aromatic rings. The molecule has 0 fully saturated rings. The van der Waals surface area contributed by atoms with E-state index in [0.29, 0.717) is 12.8 Å². The Morgan fingerprint density at radius 2 is 2.08 bits per heavy atom. The Morgan fingerprint density at radius 3 is 2.42 bits per heavy atom. The van der Waals surface area contributed by atoms with Gasteiger partial charge in [-0.3, -0.25) is 4.21 Å². The number of hydrogen-bond donors (Lipinski definition) is 1. The zero-order valence-corrected chi connectivity index (χ0v) is 7.37.